The summed E-state index contributed by atoms with van der Waals surface area (Å²) in [6.45, 7) is 0.229. The summed E-state index contributed by atoms with van der Waals surface area (Å²) in [5.74, 6) is 1.47. The zero-order chi connectivity index (χ0) is 18.5. The molecule has 0 radical (unpaired) electrons. The molecule has 0 unspecified atom stereocenters. The van der Waals surface area contributed by atoms with Crippen molar-refractivity contribution in [3.05, 3.63) is 65.0 Å². The maximum Gasteiger partial charge on any atom is 0.246 e. The second-order valence-corrected chi connectivity index (χ2v) is 6.17. The molecule has 3 aromatic rings. The van der Waals surface area contributed by atoms with Crippen molar-refractivity contribution in [3.63, 3.8) is 0 Å². The lowest BCUT2D eigenvalue weighted by atomic mass is 10.1. The van der Waals surface area contributed by atoms with Crippen molar-refractivity contribution >= 4 is 17.5 Å². The Morgan fingerprint density at radius 2 is 1.92 bits per heavy atom. The van der Waals surface area contributed by atoms with Gasteiger partial charge in [-0.2, -0.15) is 4.98 Å². The molecule has 3 rings (SSSR count). The van der Waals surface area contributed by atoms with Crippen LogP contribution in [0.4, 0.5) is 0 Å². The van der Waals surface area contributed by atoms with E-state index in [2.05, 4.69) is 10.1 Å². The molecule has 26 heavy (non-hydrogen) atoms. The Bertz CT molecular complexity index is 893. The van der Waals surface area contributed by atoms with Crippen LogP contribution in [0, 0.1) is 0 Å². The van der Waals surface area contributed by atoms with Gasteiger partial charge in [0.2, 0.25) is 17.6 Å². The van der Waals surface area contributed by atoms with Gasteiger partial charge in [-0.05, 0) is 29.8 Å². The van der Waals surface area contributed by atoms with E-state index in [9.17, 15) is 4.79 Å². The van der Waals surface area contributed by atoms with Crippen LogP contribution in [0.2, 0.25) is 5.02 Å². The Morgan fingerprint density at radius 3 is 2.62 bits per heavy atom. The van der Waals surface area contributed by atoms with E-state index in [1.807, 2.05) is 42.5 Å². The van der Waals surface area contributed by atoms with Crippen LogP contribution in [0.5, 0.6) is 5.75 Å². The number of hydrogen-bond donors (Lipinski definition) is 0. The highest BCUT2D eigenvalue weighted by molar-refractivity contribution is 6.33. The third-order valence-electron chi connectivity index (χ3n) is 3.90. The van der Waals surface area contributed by atoms with Gasteiger partial charge in [-0.1, -0.05) is 41.0 Å². The summed E-state index contributed by atoms with van der Waals surface area (Å²) in [6, 6.07) is 14.7. The molecule has 0 atom stereocenters. The summed E-state index contributed by atoms with van der Waals surface area (Å²) < 4.78 is 10.4. The van der Waals surface area contributed by atoms with E-state index in [-0.39, 0.29) is 18.9 Å². The SMILES string of the molecule is COc1ccc(CC(=O)N(C)Cc2nc(-c3ccccc3Cl)no2)cc1. The van der Waals surface area contributed by atoms with E-state index < -0.39 is 0 Å². The predicted octanol–water partition coefficient (Wildman–Crippen LogP) is 3.60. The molecule has 0 aliphatic carbocycles. The largest absolute Gasteiger partial charge is 0.497 e. The number of hydrogen-bond acceptors (Lipinski definition) is 5. The number of aromatic nitrogens is 2. The number of carbonyl (C=O) groups excluding carboxylic acids is 1. The van der Waals surface area contributed by atoms with Gasteiger partial charge >= 0.3 is 0 Å². The molecule has 1 amide bonds. The van der Waals surface area contributed by atoms with Gasteiger partial charge in [0.1, 0.15) is 5.75 Å². The molecular weight excluding hydrogens is 354 g/mol. The van der Waals surface area contributed by atoms with Crippen molar-refractivity contribution in [1.29, 1.82) is 0 Å². The van der Waals surface area contributed by atoms with Gasteiger partial charge in [-0.3, -0.25) is 4.79 Å². The van der Waals surface area contributed by atoms with Crippen LogP contribution >= 0.6 is 11.6 Å². The van der Waals surface area contributed by atoms with Gasteiger partial charge in [-0.15, -0.1) is 0 Å². The fourth-order valence-electron chi connectivity index (χ4n) is 2.42. The number of methoxy groups -OCH3 is 1. The summed E-state index contributed by atoms with van der Waals surface area (Å²) in [7, 11) is 3.31. The molecule has 2 aromatic carbocycles. The number of nitrogens with zero attached hydrogens (tertiary/aromatic N) is 3. The monoisotopic (exact) mass is 371 g/mol. The zero-order valence-corrected chi connectivity index (χ0v) is 15.2. The van der Waals surface area contributed by atoms with Gasteiger partial charge in [0.25, 0.3) is 0 Å². The summed E-state index contributed by atoms with van der Waals surface area (Å²) in [6.07, 6.45) is 0.284. The molecule has 134 valence electrons. The van der Waals surface area contributed by atoms with Crippen molar-refractivity contribution in [2.45, 2.75) is 13.0 Å². The molecule has 0 aliphatic heterocycles. The minimum atomic E-state index is -0.0485. The van der Waals surface area contributed by atoms with E-state index in [1.165, 1.54) is 0 Å². The summed E-state index contributed by atoms with van der Waals surface area (Å²) in [5, 5.41) is 4.49. The van der Waals surface area contributed by atoms with E-state index in [0.717, 1.165) is 11.3 Å². The quantitative estimate of drug-likeness (QED) is 0.662. The molecule has 0 bridgehead atoms. The highest BCUT2D eigenvalue weighted by Crippen LogP contribution is 2.25. The second-order valence-electron chi connectivity index (χ2n) is 5.77. The lowest BCUT2D eigenvalue weighted by Crippen LogP contribution is -2.27. The van der Waals surface area contributed by atoms with Gasteiger partial charge in [0, 0.05) is 12.6 Å². The number of likely N-dealkylation sites (N-methyl/N-ethyl adjacent to an activating group) is 1. The highest BCUT2D eigenvalue weighted by atomic mass is 35.5. The predicted molar refractivity (Wildman–Crippen MR) is 97.9 cm³/mol. The summed E-state index contributed by atoms with van der Waals surface area (Å²) in [4.78, 5) is 18.3. The van der Waals surface area contributed by atoms with E-state index in [0.29, 0.717) is 22.3 Å². The zero-order valence-electron chi connectivity index (χ0n) is 14.5. The number of rotatable bonds is 6. The van der Waals surface area contributed by atoms with Gasteiger partial charge in [0.05, 0.1) is 25.1 Å². The molecule has 0 saturated carbocycles. The molecule has 7 heteroatoms. The third kappa shape index (κ3) is 4.21. The molecule has 1 aromatic heterocycles. The first-order valence-electron chi connectivity index (χ1n) is 8.01. The number of carbonyl (C=O) groups is 1. The van der Waals surface area contributed by atoms with Crippen molar-refractivity contribution in [2.24, 2.45) is 0 Å². The van der Waals surface area contributed by atoms with Crippen LogP contribution in [0.25, 0.3) is 11.4 Å². The average molecular weight is 372 g/mol. The Hall–Kier alpha value is -2.86. The fraction of sp³-hybridized carbons (Fsp3) is 0.211. The smallest absolute Gasteiger partial charge is 0.246 e. The van der Waals surface area contributed by atoms with Crippen LogP contribution in [-0.4, -0.2) is 35.1 Å². The normalized spacial score (nSPS) is 10.6. The van der Waals surface area contributed by atoms with Crippen LogP contribution in [0.1, 0.15) is 11.5 Å². The molecule has 1 heterocycles. The Morgan fingerprint density at radius 1 is 1.19 bits per heavy atom. The van der Waals surface area contributed by atoms with Crippen molar-refractivity contribution in [1.82, 2.24) is 15.0 Å². The number of benzene rings is 2. The number of ether oxygens (including phenoxy) is 1. The van der Waals surface area contributed by atoms with Gasteiger partial charge in [0.15, 0.2) is 0 Å². The molecule has 0 saturated heterocycles. The first kappa shape index (κ1) is 17.9. The lowest BCUT2D eigenvalue weighted by Gasteiger charge is -2.14. The van der Waals surface area contributed by atoms with Crippen LogP contribution < -0.4 is 4.74 Å². The van der Waals surface area contributed by atoms with Crippen LogP contribution in [0.3, 0.4) is 0 Å². The highest BCUT2D eigenvalue weighted by Gasteiger charge is 2.16. The van der Waals surface area contributed by atoms with E-state index >= 15 is 0 Å². The topological polar surface area (TPSA) is 68.5 Å². The molecule has 6 nitrogen and oxygen atoms in total. The molecule has 0 spiro atoms. The molecule has 0 aliphatic rings. The van der Waals surface area contributed by atoms with Gasteiger partial charge in [-0.25, -0.2) is 0 Å². The first-order valence-corrected chi connectivity index (χ1v) is 8.39. The Labute approximate surface area is 156 Å². The lowest BCUT2D eigenvalue weighted by molar-refractivity contribution is -0.130. The summed E-state index contributed by atoms with van der Waals surface area (Å²) in [5.41, 5.74) is 1.60. The van der Waals surface area contributed by atoms with Crippen molar-refractivity contribution in [3.8, 4) is 17.1 Å². The molecule has 0 N–H and O–H groups in total. The average Bonchev–Trinajstić information content (AvgIpc) is 3.11. The number of amides is 1. The second kappa shape index (κ2) is 8.01. The molecular formula is C19H18ClN3O3. The maximum absolute atomic E-state index is 12.4. The van der Waals surface area contributed by atoms with E-state index in [4.69, 9.17) is 20.9 Å². The fourth-order valence-corrected chi connectivity index (χ4v) is 2.64. The van der Waals surface area contributed by atoms with E-state index in [1.54, 1.807) is 25.1 Å². The Balaban J connectivity index is 1.63. The van der Waals surface area contributed by atoms with Crippen LogP contribution in [-0.2, 0) is 17.8 Å². The third-order valence-corrected chi connectivity index (χ3v) is 4.23. The molecule has 0 fully saturated rings. The standard InChI is InChI=1S/C19H18ClN3O3/c1-23(18(24)11-13-7-9-14(25-2)10-8-13)12-17-21-19(22-26-17)15-5-3-4-6-16(15)20/h3-10H,11-12H2,1-2H3. The van der Waals surface area contributed by atoms with Crippen molar-refractivity contribution < 1.29 is 14.1 Å². The number of halogens is 1. The first-order chi connectivity index (χ1) is 12.6. The Kier molecular flexibility index (Phi) is 5.53. The minimum Gasteiger partial charge on any atom is -0.497 e. The van der Waals surface area contributed by atoms with Crippen molar-refractivity contribution in [2.75, 3.05) is 14.2 Å². The van der Waals surface area contributed by atoms with Crippen LogP contribution in [0.15, 0.2) is 53.1 Å². The maximum atomic E-state index is 12.4. The van der Waals surface area contributed by atoms with Gasteiger partial charge < -0.3 is 14.2 Å². The summed E-state index contributed by atoms with van der Waals surface area (Å²) >= 11 is 6.14. The minimum absolute atomic E-state index is 0.0485.